The molecule has 3 rings (SSSR count). The molecule has 1 aliphatic rings. The van der Waals surface area contributed by atoms with Crippen molar-refractivity contribution in [3.8, 4) is 0 Å². The standard InChI is InChI=1S/C12H16N4S/c1-8-4-5-14-11-10(8)15-12(13)16(11)7-9-3-2-6-17-9/h4-5,9H,2-3,6-7H2,1H3,(H2,13,15). The van der Waals surface area contributed by atoms with Crippen molar-refractivity contribution >= 4 is 28.9 Å². The van der Waals surface area contributed by atoms with Crippen LogP contribution in [0.2, 0.25) is 0 Å². The van der Waals surface area contributed by atoms with Gasteiger partial charge in [-0.1, -0.05) is 0 Å². The van der Waals surface area contributed by atoms with Crippen molar-refractivity contribution in [1.82, 2.24) is 14.5 Å². The maximum Gasteiger partial charge on any atom is 0.202 e. The van der Waals surface area contributed by atoms with Gasteiger partial charge in [0.2, 0.25) is 5.95 Å². The number of rotatable bonds is 2. The molecule has 1 fully saturated rings. The molecule has 2 aromatic rings. The fraction of sp³-hybridized carbons (Fsp3) is 0.500. The lowest BCUT2D eigenvalue weighted by atomic mass is 10.2. The first kappa shape index (κ1) is 10.9. The summed E-state index contributed by atoms with van der Waals surface area (Å²) in [5.74, 6) is 1.86. The average Bonchev–Trinajstić information content (AvgIpc) is 2.91. The highest BCUT2D eigenvalue weighted by atomic mass is 32.2. The van der Waals surface area contributed by atoms with Gasteiger partial charge >= 0.3 is 0 Å². The molecular weight excluding hydrogens is 232 g/mol. The van der Waals surface area contributed by atoms with Gasteiger partial charge in [0.1, 0.15) is 5.52 Å². The summed E-state index contributed by atoms with van der Waals surface area (Å²) in [4.78, 5) is 8.84. The number of anilines is 1. The van der Waals surface area contributed by atoms with Crippen LogP contribution in [0.5, 0.6) is 0 Å². The van der Waals surface area contributed by atoms with E-state index in [4.69, 9.17) is 5.73 Å². The molecule has 90 valence electrons. The van der Waals surface area contributed by atoms with Crippen LogP contribution in [0.25, 0.3) is 11.2 Å². The van der Waals surface area contributed by atoms with Gasteiger partial charge in [-0.2, -0.15) is 11.8 Å². The van der Waals surface area contributed by atoms with E-state index >= 15 is 0 Å². The first-order chi connectivity index (χ1) is 8.25. The maximum absolute atomic E-state index is 6.00. The van der Waals surface area contributed by atoms with Gasteiger partial charge in [-0.15, -0.1) is 0 Å². The number of imidazole rings is 1. The third-order valence-electron chi connectivity index (χ3n) is 3.28. The predicted octanol–water partition coefficient (Wildman–Crippen LogP) is 2.22. The van der Waals surface area contributed by atoms with Gasteiger partial charge in [0.05, 0.1) is 0 Å². The first-order valence-corrected chi connectivity index (χ1v) is 6.99. The number of hydrogen-bond acceptors (Lipinski definition) is 4. The van der Waals surface area contributed by atoms with E-state index in [9.17, 15) is 0 Å². The second kappa shape index (κ2) is 4.22. The number of hydrogen-bond donors (Lipinski definition) is 1. The van der Waals surface area contributed by atoms with E-state index in [0.717, 1.165) is 23.3 Å². The molecule has 0 amide bonds. The van der Waals surface area contributed by atoms with E-state index in [1.807, 2.05) is 30.9 Å². The zero-order chi connectivity index (χ0) is 11.8. The summed E-state index contributed by atoms with van der Waals surface area (Å²) in [6.07, 6.45) is 4.42. The molecule has 3 heterocycles. The fourth-order valence-corrected chi connectivity index (χ4v) is 3.58. The van der Waals surface area contributed by atoms with Crippen LogP contribution in [0.4, 0.5) is 5.95 Å². The highest BCUT2D eigenvalue weighted by Crippen LogP contribution is 2.29. The molecule has 0 radical (unpaired) electrons. The summed E-state index contributed by atoms with van der Waals surface area (Å²) in [6, 6.07) is 1.98. The fourth-order valence-electron chi connectivity index (χ4n) is 2.33. The number of nitrogens with zero attached hydrogens (tertiary/aromatic N) is 3. The minimum Gasteiger partial charge on any atom is -0.369 e. The Morgan fingerprint density at radius 1 is 1.59 bits per heavy atom. The lowest BCUT2D eigenvalue weighted by molar-refractivity contribution is 0.654. The maximum atomic E-state index is 6.00. The largest absolute Gasteiger partial charge is 0.369 e. The van der Waals surface area contributed by atoms with Gasteiger partial charge in [0, 0.05) is 18.0 Å². The molecule has 0 aliphatic carbocycles. The SMILES string of the molecule is Cc1ccnc2c1nc(N)n2CC1CCCS1. The summed E-state index contributed by atoms with van der Waals surface area (Å²) in [5, 5.41) is 0.664. The Kier molecular flexibility index (Phi) is 2.70. The van der Waals surface area contributed by atoms with E-state index in [2.05, 4.69) is 14.5 Å². The van der Waals surface area contributed by atoms with Gasteiger partial charge in [-0.05, 0) is 37.1 Å². The third-order valence-corrected chi connectivity index (χ3v) is 4.66. The Bertz CT molecular complexity index is 543. The molecule has 2 aromatic heterocycles. The van der Waals surface area contributed by atoms with Crippen molar-refractivity contribution in [2.24, 2.45) is 0 Å². The van der Waals surface area contributed by atoms with Crippen LogP contribution < -0.4 is 5.73 Å². The molecule has 17 heavy (non-hydrogen) atoms. The molecule has 0 aromatic carbocycles. The number of thioether (sulfide) groups is 1. The van der Waals surface area contributed by atoms with Gasteiger partial charge < -0.3 is 5.73 Å². The van der Waals surface area contributed by atoms with E-state index in [-0.39, 0.29) is 0 Å². The summed E-state index contributed by atoms with van der Waals surface area (Å²) < 4.78 is 2.06. The van der Waals surface area contributed by atoms with E-state index in [1.165, 1.54) is 18.6 Å². The smallest absolute Gasteiger partial charge is 0.202 e. The minimum atomic E-state index is 0.592. The number of nitrogen functional groups attached to an aromatic ring is 1. The molecule has 0 spiro atoms. The Hall–Kier alpha value is -1.23. The van der Waals surface area contributed by atoms with Crippen LogP contribution in [-0.2, 0) is 6.54 Å². The molecule has 1 saturated heterocycles. The molecule has 1 atom stereocenters. The van der Waals surface area contributed by atoms with Crippen LogP contribution in [0.3, 0.4) is 0 Å². The second-order valence-electron chi connectivity index (χ2n) is 4.52. The predicted molar refractivity (Wildman–Crippen MR) is 72.2 cm³/mol. The van der Waals surface area contributed by atoms with Gasteiger partial charge in [-0.3, -0.25) is 4.57 Å². The van der Waals surface area contributed by atoms with Gasteiger partial charge in [0.15, 0.2) is 5.65 Å². The lowest BCUT2D eigenvalue weighted by Crippen LogP contribution is -2.12. The highest BCUT2D eigenvalue weighted by Gasteiger charge is 2.19. The van der Waals surface area contributed by atoms with Crippen LogP contribution >= 0.6 is 11.8 Å². The van der Waals surface area contributed by atoms with Gasteiger partial charge in [0.25, 0.3) is 0 Å². The third kappa shape index (κ3) is 1.88. The van der Waals surface area contributed by atoms with Crippen LogP contribution in [0, 0.1) is 6.92 Å². The number of fused-ring (bicyclic) bond motifs is 1. The number of nitrogens with two attached hydrogens (primary N) is 1. The summed E-state index contributed by atoms with van der Waals surface area (Å²) in [6.45, 7) is 2.98. The van der Waals surface area contributed by atoms with Crippen molar-refractivity contribution in [2.45, 2.75) is 31.6 Å². The molecule has 0 bridgehead atoms. The molecule has 5 heteroatoms. The normalized spacial score (nSPS) is 20.2. The number of pyridine rings is 1. The Morgan fingerprint density at radius 2 is 2.47 bits per heavy atom. The number of aryl methyl sites for hydroxylation is 1. The van der Waals surface area contributed by atoms with E-state index < -0.39 is 0 Å². The Labute approximate surface area is 105 Å². The Morgan fingerprint density at radius 3 is 3.24 bits per heavy atom. The zero-order valence-electron chi connectivity index (χ0n) is 9.89. The lowest BCUT2D eigenvalue weighted by Gasteiger charge is -2.11. The van der Waals surface area contributed by atoms with E-state index in [0.29, 0.717) is 11.2 Å². The quantitative estimate of drug-likeness (QED) is 0.885. The highest BCUT2D eigenvalue weighted by molar-refractivity contribution is 8.00. The van der Waals surface area contributed by atoms with Crippen LogP contribution in [0.15, 0.2) is 12.3 Å². The average molecular weight is 248 g/mol. The van der Waals surface area contributed by atoms with Crippen molar-refractivity contribution in [3.63, 3.8) is 0 Å². The molecule has 4 nitrogen and oxygen atoms in total. The van der Waals surface area contributed by atoms with E-state index in [1.54, 1.807) is 0 Å². The molecule has 2 N–H and O–H groups in total. The molecular formula is C12H16N4S. The van der Waals surface area contributed by atoms with Crippen LogP contribution in [0.1, 0.15) is 18.4 Å². The van der Waals surface area contributed by atoms with Gasteiger partial charge in [-0.25, -0.2) is 9.97 Å². The Balaban J connectivity index is 2.02. The summed E-state index contributed by atoms with van der Waals surface area (Å²) >= 11 is 2.03. The zero-order valence-corrected chi connectivity index (χ0v) is 10.7. The summed E-state index contributed by atoms with van der Waals surface area (Å²) in [5.41, 5.74) is 9.01. The number of aromatic nitrogens is 3. The summed E-state index contributed by atoms with van der Waals surface area (Å²) in [7, 11) is 0. The minimum absolute atomic E-state index is 0.592. The van der Waals surface area contributed by atoms with Crippen molar-refractivity contribution in [1.29, 1.82) is 0 Å². The van der Waals surface area contributed by atoms with Crippen molar-refractivity contribution < 1.29 is 0 Å². The first-order valence-electron chi connectivity index (χ1n) is 5.94. The molecule has 1 aliphatic heterocycles. The van der Waals surface area contributed by atoms with Crippen molar-refractivity contribution in [3.05, 3.63) is 17.8 Å². The second-order valence-corrected chi connectivity index (χ2v) is 5.92. The molecule has 0 saturated carbocycles. The van der Waals surface area contributed by atoms with Crippen LogP contribution in [-0.4, -0.2) is 25.5 Å². The monoisotopic (exact) mass is 248 g/mol. The van der Waals surface area contributed by atoms with Crippen molar-refractivity contribution in [2.75, 3.05) is 11.5 Å². The topological polar surface area (TPSA) is 56.7 Å². The molecule has 1 unspecified atom stereocenters.